The number of rotatable bonds is 3. The number of nitrogens with zero attached hydrogens (tertiary/aromatic N) is 3. The molecule has 0 atom stereocenters. The fraction of sp³-hybridized carbons (Fsp3) is 0.0833. The summed E-state index contributed by atoms with van der Waals surface area (Å²) in [5, 5.41) is 7.22. The highest BCUT2D eigenvalue weighted by Crippen LogP contribution is 2.21. The van der Waals surface area contributed by atoms with Crippen LogP contribution < -0.4 is 10.6 Å². The molecule has 2 rings (SSSR count). The van der Waals surface area contributed by atoms with Gasteiger partial charge in [0.15, 0.2) is 5.82 Å². The molecule has 5 nitrogen and oxygen atoms in total. The second-order valence-corrected chi connectivity index (χ2v) is 3.71. The molecular formula is C12H12FN5. The molecule has 18 heavy (non-hydrogen) atoms. The number of halogens is 1. The van der Waals surface area contributed by atoms with Gasteiger partial charge in [-0.05, 0) is 18.2 Å². The van der Waals surface area contributed by atoms with Crippen molar-refractivity contribution in [2.24, 2.45) is 5.73 Å². The van der Waals surface area contributed by atoms with E-state index in [1.165, 1.54) is 24.5 Å². The van der Waals surface area contributed by atoms with Crippen LogP contribution in [0.1, 0.15) is 5.69 Å². The Bertz CT molecular complexity index is 567. The van der Waals surface area contributed by atoms with Gasteiger partial charge in [-0.25, -0.2) is 14.4 Å². The summed E-state index contributed by atoms with van der Waals surface area (Å²) < 4.78 is 13.1. The predicted octanol–water partition coefficient (Wildman–Crippen LogP) is 1.67. The van der Waals surface area contributed by atoms with Crippen LogP contribution in [0.3, 0.4) is 0 Å². The number of amidine groups is 1. The SMILES string of the molecule is CN(c1cccc(F)c1)c1cnc(C(=N)N)cn1. The third kappa shape index (κ3) is 2.42. The maximum absolute atomic E-state index is 13.1. The van der Waals surface area contributed by atoms with Crippen molar-refractivity contribution in [3.05, 3.63) is 48.2 Å². The zero-order valence-electron chi connectivity index (χ0n) is 9.76. The monoisotopic (exact) mass is 245 g/mol. The minimum Gasteiger partial charge on any atom is -0.382 e. The quantitative estimate of drug-likeness (QED) is 0.636. The van der Waals surface area contributed by atoms with Crippen molar-refractivity contribution < 1.29 is 4.39 Å². The maximum atomic E-state index is 13.1. The first-order valence-electron chi connectivity index (χ1n) is 5.23. The van der Waals surface area contributed by atoms with Gasteiger partial charge in [-0.3, -0.25) is 5.41 Å². The highest BCUT2D eigenvalue weighted by molar-refractivity contribution is 5.92. The highest BCUT2D eigenvalue weighted by atomic mass is 19.1. The number of nitrogens with one attached hydrogen (secondary N) is 1. The summed E-state index contributed by atoms with van der Waals surface area (Å²) in [4.78, 5) is 9.82. The Kier molecular flexibility index (Phi) is 3.18. The van der Waals surface area contributed by atoms with Gasteiger partial charge < -0.3 is 10.6 Å². The van der Waals surface area contributed by atoms with E-state index in [1.54, 1.807) is 24.1 Å². The molecule has 0 aliphatic carbocycles. The minimum absolute atomic E-state index is 0.137. The van der Waals surface area contributed by atoms with Gasteiger partial charge in [0.05, 0.1) is 12.4 Å². The molecule has 1 heterocycles. The normalized spacial score (nSPS) is 10.1. The topological polar surface area (TPSA) is 78.9 Å². The lowest BCUT2D eigenvalue weighted by Gasteiger charge is -2.17. The van der Waals surface area contributed by atoms with Gasteiger partial charge in [0.2, 0.25) is 0 Å². The van der Waals surface area contributed by atoms with Crippen LogP contribution in [-0.4, -0.2) is 22.9 Å². The standard InChI is InChI=1S/C12H12FN5/c1-18(9-4-2-3-8(13)5-9)11-7-16-10(6-17-11)12(14)15/h2-7H,1H3,(H3,14,15). The minimum atomic E-state index is -0.312. The van der Waals surface area contributed by atoms with E-state index in [0.717, 1.165) is 0 Å². The second-order valence-electron chi connectivity index (χ2n) is 3.71. The molecule has 2 aromatic rings. The Balaban J connectivity index is 2.28. The third-order valence-corrected chi connectivity index (χ3v) is 2.45. The zero-order chi connectivity index (χ0) is 13.1. The lowest BCUT2D eigenvalue weighted by molar-refractivity contribution is 0.628. The summed E-state index contributed by atoms with van der Waals surface area (Å²) in [6.45, 7) is 0. The predicted molar refractivity (Wildman–Crippen MR) is 67.5 cm³/mol. The smallest absolute Gasteiger partial charge is 0.151 e. The Hall–Kier alpha value is -2.50. The molecule has 0 radical (unpaired) electrons. The number of nitrogens with two attached hydrogens (primary N) is 1. The van der Waals surface area contributed by atoms with E-state index in [-0.39, 0.29) is 11.7 Å². The molecular weight excluding hydrogens is 233 g/mol. The lowest BCUT2D eigenvalue weighted by Crippen LogP contribution is -2.16. The van der Waals surface area contributed by atoms with E-state index in [1.807, 2.05) is 0 Å². The Labute approximate surface area is 104 Å². The fourth-order valence-corrected chi connectivity index (χ4v) is 1.45. The molecule has 0 fully saturated rings. The van der Waals surface area contributed by atoms with E-state index in [9.17, 15) is 4.39 Å². The first-order chi connectivity index (χ1) is 8.58. The summed E-state index contributed by atoms with van der Waals surface area (Å²) >= 11 is 0. The van der Waals surface area contributed by atoms with Crippen molar-refractivity contribution in [2.45, 2.75) is 0 Å². The van der Waals surface area contributed by atoms with Crippen LogP contribution in [-0.2, 0) is 0 Å². The Morgan fingerprint density at radius 3 is 2.67 bits per heavy atom. The van der Waals surface area contributed by atoms with Gasteiger partial charge in [0, 0.05) is 12.7 Å². The van der Waals surface area contributed by atoms with Crippen LogP contribution in [0.4, 0.5) is 15.9 Å². The van der Waals surface area contributed by atoms with Gasteiger partial charge in [0.25, 0.3) is 0 Å². The van der Waals surface area contributed by atoms with Crippen LogP contribution in [0.15, 0.2) is 36.7 Å². The molecule has 0 saturated heterocycles. The van der Waals surface area contributed by atoms with Crippen molar-refractivity contribution in [1.29, 1.82) is 5.41 Å². The number of nitrogen functional groups attached to an aromatic ring is 1. The van der Waals surface area contributed by atoms with E-state index < -0.39 is 0 Å². The molecule has 0 bridgehead atoms. The van der Waals surface area contributed by atoms with Gasteiger partial charge >= 0.3 is 0 Å². The first-order valence-corrected chi connectivity index (χ1v) is 5.23. The van der Waals surface area contributed by atoms with Crippen LogP contribution in [0.5, 0.6) is 0 Å². The largest absolute Gasteiger partial charge is 0.382 e. The number of aromatic nitrogens is 2. The van der Waals surface area contributed by atoms with Crippen LogP contribution >= 0.6 is 0 Å². The molecule has 0 aliphatic rings. The lowest BCUT2D eigenvalue weighted by atomic mass is 10.3. The average molecular weight is 245 g/mol. The molecule has 0 amide bonds. The van der Waals surface area contributed by atoms with Gasteiger partial charge in [-0.15, -0.1) is 0 Å². The molecule has 3 N–H and O–H groups in total. The molecule has 6 heteroatoms. The Morgan fingerprint density at radius 2 is 2.11 bits per heavy atom. The van der Waals surface area contributed by atoms with Crippen molar-refractivity contribution in [3.8, 4) is 0 Å². The molecule has 1 aromatic carbocycles. The van der Waals surface area contributed by atoms with Crippen molar-refractivity contribution in [1.82, 2.24) is 9.97 Å². The molecule has 0 spiro atoms. The van der Waals surface area contributed by atoms with Crippen LogP contribution in [0, 0.1) is 11.2 Å². The number of hydrogen-bond donors (Lipinski definition) is 2. The summed E-state index contributed by atoms with van der Waals surface area (Å²) in [7, 11) is 1.76. The Morgan fingerprint density at radius 1 is 1.33 bits per heavy atom. The van der Waals surface area contributed by atoms with E-state index in [4.69, 9.17) is 11.1 Å². The molecule has 0 saturated carbocycles. The fourth-order valence-electron chi connectivity index (χ4n) is 1.45. The number of anilines is 2. The van der Waals surface area contributed by atoms with Crippen molar-refractivity contribution in [3.63, 3.8) is 0 Å². The van der Waals surface area contributed by atoms with Crippen LogP contribution in [0.25, 0.3) is 0 Å². The van der Waals surface area contributed by atoms with E-state index in [2.05, 4.69) is 9.97 Å². The van der Waals surface area contributed by atoms with Gasteiger partial charge in [0.1, 0.15) is 17.3 Å². The van der Waals surface area contributed by atoms with Crippen molar-refractivity contribution in [2.75, 3.05) is 11.9 Å². The highest BCUT2D eigenvalue weighted by Gasteiger charge is 2.07. The summed E-state index contributed by atoms with van der Waals surface area (Å²) in [5.74, 6) is 0.0979. The molecule has 1 aromatic heterocycles. The summed E-state index contributed by atoms with van der Waals surface area (Å²) in [6, 6.07) is 6.17. The molecule has 92 valence electrons. The summed E-state index contributed by atoms with van der Waals surface area (Å²) in [5.41, 5.74) is 6.27. The second kappa shape index (κ2) is 4.79. The van der Waals surface area contributed by atoms with Gasteiger partial charge in [-0.2, -0.15) is 0 Å². The zero-order valence-corrected chi connectivity index (χ0v) is 9.76. The molecule has 0 aliphatic heterocycles. The summed E-state index contributed by atoms with van der Waals surface area (Å²) in [6.07, 6.45) is 2.90. The maximum Gasteiger partial charge on any atom is 0.151 e. The average Bonchev–Trinajstić information content (AvgIpc) is 2.38. The molecule has 0 unspecified atom stereocenters. The van der Waals surface area contributed by atoms with E-state index in [0.29, 0.717) is 17.2 Å². The van der Waals surface area contributed by atoms with Gasteiger partial charge in [-0.1, -0.05) is 6.07 Å². The van der Waals surface area contributed by atoms with Crippen molar-refractivity contribution >= 4 is 17.3 Å². The van der Waals surface area contributed by atoms with Crippen LogP contribution in [0.2, 0.25) is 0 Å². The van der Waals surface area contributed by atoms with E-state index >= 15 is 0 Å². The first kappa shape index (κ1) is 12.0. The third-order valence-electron chi connectivity index (χ3n) is 2.45. The number of benzene rings is 1. The number of hydrogen-bond acceptors (Lipinski definition) is 4.